The number of hydrogen-bond acceptors (Lipinski definition) is 5. The molecule has 0 unspecified atom stereocenters. The first kappa shape index (κ1) is 22.6. The Labute approximate surface area is 191 Å². The summed E-state index contributed by atoms with van der Waals surface area (Å²) in [5.74, 6) is 0.199. The Kier molecular flexibility index (Phi) is 8.67. The molecule has 148 valence electrons. The van der Waals surface area contributed by atoms with Crippen molar-refractivity contribution in [2.75, 3.05) is 13.7 Å². The van der Waals surface area contributed by atoms with Gasteiger partial charge in [0.2, 0.25) is 0 Å². The molecule has 0 heterocycles. The van der Waals surface area contributed by atoms with Crippen molar-refractivity contribution in [2.45, 2.75) is 0 Å². The van der Waals surface area contributed by atoms with Crippen LogP contribution in [0.25, 0.3) is 0 Å². The zero-order chi connectivity index (χ0) is 20.7. The molecule has 7 nitrogen and oxygen atoms in total. The fourth-order valence-corrected chi connectivity index (χ4v) is 3.76. The van der Waals surface area contributed by atoms with E-state index in [2.05, 4.69) is 64.0 Å². The summed E-state index contributed by atoms with van der Waals surface area (Å²) in [6.07, 6.45) is 0. The molecule has 0 atom stereocenters. The van der Waals surface area contributed by atoms with Gasteiger partial charge < -0.3 is 9.47 Å². The minimum absolute atomic E-state index is 0.0601. The molecule has 0 aliphatic rings. The van der Waals surface area contributed by atoms with Gasteiger partial charge in [0.15, 0.2) is 11.7 Å². The van der Waals surface area contributed by atoms with E-state index in [4.69, 9.17) is 21.7 Å². The molecule has 0 radical (unpaired) electrons. The summed E-state index contributed by atoms with van der Waals surface area (Å²) in [5.41, 5.74) is 5.16. The van der Waals surface area contributed by atoms with Crippen LogP contribution >= 0.6 is 60.0 Å². The summed E-state index contributed by atoms with van der Waals surface area (Å²) in [7, 11) is 1.53. The van der Waals surface area contributed by atoms with E-state index in [-0.39, 0.29) is 11.7 Å². The minimum atomic E-state index is -0.474. The van der Waals surface area contributed by atoms with E-state index in [1.165, 1.54) is 7.11 Å². The van der Waals surface area contributed by atoms with E-state index < -0.39 is 11.8 Å². The molecule has 0 fully saturated rings. The first-order valence-electron chi connectivity index (χ1n) is 7.61. The van der Waals surface area contributed by atoms with Gasteiger partial charge in [-0.15, -0.1) is 0 Å². The fourth-order valence-electron chi connectivity index (χ4n) is 1.91. The molecule has 2 amide bonds. The normalized spacial score (nSPS) is 10.0. The predicted octanol–water partition coefficient (Wildman–Crippen LogP) is 3.70. The summed E-state index contributed by atoms with van der Waals surface area (Å²) < 4.78 is 12.7. The van der Waals surface area contributed by atoms with Crippen LogP contribution in [0.1, 0.15) is 10.4 Å². The van der Waals surface area contributed by atoms with Gasteiger partial charge >= 0.3 is 0 Å². The van der Waals surface area contributed by atoms with Crippen LogP contribution in [0, 0.1) is 0 Å². The van der Waals surface area contributed by atoms with Crippen molar-refractivity contribution < 1.29 is 19.1 Å². The molecule has 2 rings (SSSR count). The summed E-state index contributed by atoms with van der Waals surface area (Å²) in [4.78, 5) is 24.0. The quantitative estimate of drug-likeness (QED) is 0.361. The van der Waals surface area contributed by atoms with Crippen molar-refractivity contribution in [3.05, 3.63) is 55.4 Å². The molecular weight excluding hydrogens is 582 g/mol. The van der Waals surface area contributed by atoms with Crippen LogP contribution in [0.15, 0.2) is 49.8 Å². The van der Waals surface area contributed by atoms with Crippen LogP contribution in [-0.2, 0) is 4.79 Å². The molecule has 2 aromatic rings. The monoisotopic (exact) mass is 593 g/mol. The molecule has 3 N–H and O–H groups in total. The molecule has 0 aliphatic carbocycles. The Morgan fingerprint density at radius 3 is 2.32 bits per heavy atom. The van der Waals surface area contributed by atoms with Crippen LogP contribution in [0.5, 0.6) is 11.5 Å². The highest BCUT2D eigenvalue weighted by Crippen LogP contribution is 2.28. The second-order valence-electron chi connectivity index (χ2n) is 5.17. The maximum atomic E-state index is 12.2. The van der Waals surface area contributed by atoms with Crippen molar-refractivity contribution in [1.82, 2.24) is 16.2 Å². The SMILES string of the molecule is COc1ccc(C(=O)NC(=S)NNC(=O)COc2ccc(Br)cc2Br)cc1Br. The molecule has 11 heteroatoms. The van der Waals surface area contributed by atoms with Crippen molar-refractivity contribution >= 4 is 76.9 Å². The number of ether oxygens (including phenoxy) is 2. The Hall–Kier alpha value is -1.69. The largest absolute Gasteiger partial charge is 0.496 e. The lowest BCUT2D eigenvalue weighted by Gasteiger charge is -2.12. The van der Waals surface area contributed by atoms with Crippen LogP contribution in [0.2, 0.25) is 0 Å². The van der Waals surface area contributed by atoms with E-state index in [0.29, 0.717) is 26.0 Å². The van der Waals surface area contributed by atoms with Gasteiger partial charge in [0.1, 0.15) is 11.5 Å². The third kappa shape index (κ3) is 6.73. The molecule has 0 aliphatic heterocycles. The molecule has 28 heavy (non-hydrogen) atoms. The zero-order valence-electron chi connectivity index (χ0n) is 14.3. The van der Waals surface area contributed by atoms with E-state index in [1.54, 1.807) is 36.4 Å². The number of amides is 2. The second kappa shape index (κ2) is 10.7. The van der Waals surface area contributed by atoms with Gasteiger partial charge in [0.25, 0.3) is 11.8 Å². The number of halogens is 3. The van der Waals surface area contributed by atoms with Crippen molar-refractivity contribution in [3.8, 4) is 11.5 Å². The number of carbonyl (C=O) groups is 2. The molecule has 0 saturated carbocycles. The van der Waals surface area contributed by atoms with Gasteiger partial charge in [0, 0.05) is 10.0 Å². The summed E-state index contributed by atoms with van der Waals surface area (Å²) in [6, 6.07) is 10.1. The number of rotatable bonds is 5. The Morgan fingerprint density at radius 1 is 1.00 bits per heavy atom. The van der Waals surface area contributed by atoms with E-state index in [1.807, 2.05) is 0 Å². The summed E-state index contributed by atoms with van der Waals surface area (Å²) >= 11 is 15.0. The number of nitrogens with one attached hydrogen (secondary N) is 3. The zero-order valence-corrected chi connectivity index (χ0v) is 19.9. The molecule has 0 aromatic heterocycles. The lowest BCUT2D eigenvalue weighted by molar-refractivity contribution is -0.123. The Morgan fingerprint density at radius 2 is 1.68 bits per heavy atom. The van der Waals surface area contributed by atoms with Crippen LogP contribution in [0.4, 0.5) is 0 Å². The lowest BCUT2D eigenvalue weighted by atomic mass is 10.2. The third-order valence-corrected chi connectivity index (χ3v) is 5.15. The van der Waals surface area contributed by atoms with Crippen molar-refractivity contribution in [3.63, 3.8) is 0 Å². The van der Waals surface area contributed by atoms with Gasteiger partial charge in [-0.25, -0.2) is 0 Å². The van der Waals surface area contributed by atoms with Gasteiger partial charge in [0.05, 0.1) is 16.1 Å². The molecule has 2 aromatic carbocycles. The van der Waals surface area contributed by atoms with E-state index in [0.717, 1.165) is 4.47 Å². The van der Waals surface area contributed by atoms with Crippen molar-refractivity contribution in [2.24, 2.45) is 0 Å². The van der Waals surface area contributed by atoms with Crippen molar-refractivity contribution in [1.29, 1.82) is 0 Å². The Balaban J connectivity index is 1.79. The molecule has 0 bridgehead atoms. The summed E-state index contributed by atoms with van der Waals surface area (Å²) in [6.45, 7) is -0.241. The average molecular weight is 596 g/mol. The third-order valence-electron chi connectivity index (χ3n) is 3.21. The number of methoxy groups -OCH3 is 1. The fraction of sp³-hybridized carbons (Fsp3) is 0.118. The van der Waals surface area contributed by atoms with E-state index in [9.17, 15) is 9.59 Å². The number of hydrogen-bond donors (Lipinski definition) is 3. The second-order valence-corrected chi connectivity index (χ2v) is 8.20. The highest BCUT2D eigenvalue weighted by Gasteiger charge is 2.11. The number of benzene rings is 2. The molecular formula is C17H14Br3N3O4S. The topological polar surface area (TPSA) is 88.7 Å². The standard InChI is InChI=1S/C17H14Br3N3O4S/c1-26-13-4-2-9(6-11(13)19)16(25)21-17(28)23-22-15(24)8-27-14-5-3-10(18)7-12(14)20/h2-7H,8H2,1H3,(H,22,24)(H2,21,23,25,28). The Bertz CT molecular complexity index is 911. The lowest BCUT2D eigenvalue weighted by Crippen LogP contribution is -2.49. The summed E-state index contributed by atoms with van der Waals surface area (Å²) in [5, 5.41) is 2.40. The maximum absolute atomic E-state index is 12.2. The number of thiocarbonyl (C=S) groups is 1. The average Bonchev–Trinajstić information content (AvgIpc) is 2.65. The highest BCUT2D eigenvalue weighted by atomic mass is 79.9. The van der Waals surface area contributed by atoms with Crippen LogP contribution in [-0.4, -0.2) is 30.6 Å². The van der Waals surface area contributed by atoms with E-state index >= 15 is 0 Å². The highest BCUT2D eigenvalue weighted by molar-refractivity contribution is 9.11. The first-order chi connectivity index (χ1) is 13.3. The van der Waals surface area contributed by atoms with Gasteiger partial charge in [-0.05, 0) is 80.5 Å². The van der Waals surface area contributed by atoms with Gasteiger partial charge in [-0.3, -0.25) is 25.8 Å². The van der Waals surface area contributed by atoms with Gasteiger partial charge in [-0.2, -0.15) is 0 Å². The molecule has 0 spiro atoms. The maximum Gasteiger partial charge on any atom is 0.276 e. The van der Waals surface area contributed by atoms with Crippen LogP contribution in [0.3, 0.4) is 0 Å². The molecule has 0 saturated heterocycles. The number of hydrazine groups is 1. The smallest absolute Gasteiger partial charge is 0.276 e. The first-order valence-corrected chi connectivity index (χ1v) is 10.4. The number of carbonyl (C=O) groups excluding carboxylic acids is 2. The van der Waals surface area contributed by atoms with Gasteiger partial charge in [-0.1, -0.05) is 15.9 Å². The minimum Gasteiger partial charge on any atom is -0.496 e. The van der Waals surface area contributed by atoms with Crippen LogP contribution < -0.4 is 25.6 Å². The predicted molar refractivity (Wildman–Crippen MR) is 119 cm³/mol.